The van der Waals surface area contributed by atoms with Gasteiger partial charge in [0.05, 0.1) is 34.2 Å². The summed E-state index contributed by atoms with van der Waals surface area (Å²) in [4.78, 5) is 45.6. The summed E-state index contributed by atoms with van der Waals surface area (Å²) in [5.41, 5.74) is 6.44. The van der Waals surface area contributed by atoms with Crippen molar-refractivity contribution in [1.29, 1.82) is 0 Å². The maximum atomic E-state index is 14.9. The molecular formula is C47H62N4O4. The molecule has 7 rings (SSSR count). The number of anilines is 2. The quantitative estimate of drug-likeness (QED) is 0.211. The molecule has 3 saturated carbocycles. The van der Waals surface area contributed by atoms with E-state index in [1.807, 2.05) is 51.1 Å². The Kier molecular flexibility index (Phi) is 12.0. The van der Waals surface area contributed by atoms with Gasteiger partial charge >= 0.3 is 0 Å². The van der Waals surface area contributed by atoms with Gasteiger partial charge in [0.2, 0.25) is 5.78 Å². The second-order valence-electron chi connectivity index (χ2n) is 17.1. The third kappa shape index (κ3) is 7.80. The molecule has 4 aliphatic carbocycles. The minimum atomic E-state index is -0.364. The van der Waals surface area contributed by atoms with Crippen LogP contribution in [0.2, 0.25) is 0 Å². The lowest BCUT2D eigenvalue weighted by molar-refractivity contribution is -0.131. The first kappa shape index (κ1) is 39.1. The normalized spacial score (nSPS) is 21.5. The van der Waals surface area contributed by atoms with Gasteiger partial charge < -0.3 is 15.3 Å². The summed E-state index contributed by atoms with van der Waals surface area (Å²) >= 11 is 0. The minimum absolute atomic E-state index is 0.0246. The Labute approximate surface area is 328 Å². The summed E-state index contributed by atoms with van der Waals surface area (Å²) in [7, 11) is 0. The second-order valence-corrected chi connectivity index (χ2v) is 17.1. The van der Waals surface area contributed by atoms with Crippen molar-refractivity contribution in [2.45, 2.75) is 143 Å². The first-order chi connectivity index (χ1) is 26.6. The molecule has 0 spiro atoms. The molecule has 2 aromatic carbocycles. The lowest BCUT2D eigenvalue weighted by Crippen LogP contribution is -2.46. The highest BCUT2D eigenvalue weighted by atomic mass is 16.3. The Morgan fingerprint density at radius 1 is 0.818 bits per heavy atom. The van der Waals surface area contributed by atoms with Crippen molar-refractivity contribution in [3.63, 3.8) is 0 Å². The summed E-state index contributed by atoms with van der Waals surface area (Å²) in [5.74, 6) is 0.376. The molecule has 8 heteroatoms. The van der Waals surface area contributed by atoms with Gasteiger partial charge in [-0.25, -0.2) is 5.01 Å². The Hall–Kier alpha value is -4.20. The van der Waals surface area contributed by atoms with Crippen LogP contribution >= 0.6 is 0 Å². The second kappa shape index (κ2) is 16.9. The summed E-state index contributed by atoms with van der Waals surface area (Å²) in [5, 5.41) is 22.1. The Bertz CT molecular complexity index is 1860. The molecule has 0 radical (unpaired) electrons. The van der Waals surface area contributed by atoms with Crippen LogP contribution < -0.4 is 10.2 Å². The minimum Gasteiger partial charge on any atom is -0.506 e. The molecule has 3 fully saturated rings. The zero-order chi connectivity index (χ0) is 38.8. The molecule has 0 bridgehead atoms. The summed E-state index contributed by atoms with van der Waals surface area (Å²) in [6.07, 6.45) is 18.1. The predicted molar refractivity (Wildman–Crippen MR) is 223 cm³/mol. The monoisotopic (exact) mass is 746 g/mol. The van der Waals surface area contributed by atoms with Gasteiger partial charge in [0.15, 0.2) is 0 Å². The maximum Gasteiger partial charge on any atom is 0.277 e. The van der Waals surface area contributed by atoms with E-state index in [4.69, 9.17) is 5.10 Å². The van der Waals surface area contributed by atoms with E-state index in [2.05, 4.69) is 24.1 Å². The molecule has 1 heterocycles. The summed E-state index contributed by atoms with van der Waals surface area (Å²) in [6, 6.07) is 9.68. The molecule has 0 aromatic heterocycles. The summed E-state index contributed by atoms with van der Waals surface area (Å²) < 4.78 is 0. The average Bonchev–Trinajstić information content (AvgIpc) is 3.81. The third-order valence-corrected chi connectivity index (χ3v) is 13.5. The first-order valence-electron chi connectivity index (χ1n) is 21.5. The fraction of sp³-hybridized carbons (Fsp3) is 0.574. The van der Waals surface area contributed by atoms with E-state index >= 15 is 0 Å². The molecule has 55 heavy (non-hydrogen) atoms. The van der Waals surface area contributed by atoms with Gasteiger partial charge in [-0.3, -0.25) is 14.4 Å². The number of hydrogen-bond acceptors (Lipinski definition) is 6. The number of benzene rings is 2. The van der Waals surface area contributed by atoms with Gasteiger partial charge in [-0.15, -0.1) is 0 Å². The lowest BCUT2D eigenvalue weighted by Gasteiger charge is -2.41. The third-order valence-electron chi connectivity index (χ3n) is 13.5. The highest BCUT2D eigenvalue weighted by Crippen LogP contribution is 2.46. The van der Waals surface area contributed by atoms with Gasteiger partial charge in [-0.1, -0.05) is 81.9 Å². The number of aliphatic hydroxyl groups excluding tert-OH is 1. The van der Waals surface area contributed by atoms with Crippen LogP contribution in [0.25, 0.3) is 5.57 Å². The van der Waals surface area contributed by atoms with Crippen LogP contribution in [-0.2, 0) is 9.59 Å². The van der Waals surface area contributed by atoms with Gasteiger partial charge in [0.25, 0.3) is 11.8 Å². The first-order valence-corrected chi connectivity index (χ1v) is 21.5. The van der Waals surface area contributed by atoms with Crippen molar-refractivity contribution >= 4 is 40.3 Å². The number of aliphatic hydroxyl groups is 1. The van der Waals surface area contributed by atoms with Crippen molar-refractivity contribution in [3.05, 3.63) is 75.1 Å². The van der Waals surface area contributed by atoms with E-state index in [1.165, 1.54) is 64.2 Å². The number of amides is 2. The zero-order valence-corrected chi connectivity index (χ0v) is 33.9. The van der Waals surface area contributed by atoms with Crippen molar-refractivity contribution in [1.82, 2.24) is 5.01 Å². The molecular weight excluding hydrogens is 685 g/mol. The molecule has 2 N–H and O–H groups in total. The number of allylic oxidation sites excluding steroid dienone is 2. The van der Waals surface area contributed by atoms with Crippen LogP contribution in [-0.4, -0.2) is 52.6 Å². The van der Waals surface area contributed by atoms with E-state index in [0.717, 1.165) is 67.6 Å². The number of nitrogens with zero attached hydrogens (tertiary/aromatic N) is 3. The highest BCUT2D eigenvalue weighted by Gasteiger charge is 2.48. The molecule has 0 saturated heterocycles. The Balaban J connectivity index is 1.29. The zero-order valence-electron chi connectivity index (χ0n) is 33.9. The van der Waals surface area contributed by atoms with Gasteiger partial charge in [0.1, 0.15) is 5.76 Å². The van der Waals surface area contributed by atoms with E-state index < -0.39 is 0 Å². The molecule has 2 aromatic rings. The number of hydrogen-bond donors (Lipinski definition) is 2. The molecule has 8 nitrogen and oxygen atoms in total. The van der Waals surface area contributed by atoms with Crippen LogP contribution in [0.4, 0.5) is 11.4 Å². The molecule has 1 aliphatic heterocycles. The fourth-order valence-electron chi connectivity index (χ4n) is 10.7. The highest BCUT2D eigenvalue weighted by molar-refractivity contribution is 6.44. The number of ketones is 1. The largest absolute Gasteiger partial charge is 0.506 e. The van der Waals surface area contributed by atoms with Crippen LogP contribution in [0, 0.1) is 38.5 Å². The van der Waals surface area contributed by atoms with Gasteiger partial charge in [-0.05, 0) is 120 Å². The number of carbonyl (C=O) groups excluding carboxylic acids is 3. The molecule has 2 amide bonds. The molecule has 294 valence electrons. The number of hydrazone groups is 1. The van der Waals surface area contributed by atoms with Crippen molar-refractivity contribution in [2.24, 2.45) is 22.9 Å². The number of rotatable bonds is 12. The fourth-order valence-corrected chi connectivity index (χ4v) is 10.7. The van der Waals surface area contributed by atoms with Crippen LogP contribution in [0.3, 0.4) is 0 Å². The van der Waals surface area contributed by atoms with E-state index in [1.54, 1.807) is 5.01 Å². The van der Waals surface area contributed by atoms with E-state index in [9.17, 15) is 19.5 Å². The topological polar surface area (TPSA) is 102 Å². The van der Waals surface area contributed by atoms with Gasteiger partial charge in [-0.2, -0.15) is 5.10 Å². The predicted octanol–water partition coefficient (Wildman–Crippen LogP) is 10.6. The van der Waals surface area contributed by atoms with Crippen LogP contribution in [0.15, 0.2) is 52.3 Å². The number of aryl methyl sites for hydroxylation is 3. The smallest absolute Gasteiger partial charge is 0.277 e. The lowest BCUT2D eigenvalue weighted by atomic mass is 9.73. The van der Waals surface area contributed by atoms with Crippen molar-refractivity contribution < 1.29 is 19.5 Å². The van der Waals surface area contributed by atoms with E-state index in [0.29, 0.717) is 52.3 Å². The molecule has 5 aliphatic rings. The van der Waals surface area contributed by atoms with Crippen molar-refractivity contribution in [3.8, 4) is 0 Å². The number of carbonyl (C=O) groups is 3. The standard InChI is InChI=1S/C47H62N4O4/c1-6-50(7-2)35-23-24-36(38(28-35)48-46(54)39-30(4)26-29(3)27-31(39)5)40-44(52)42(45(40)53)41-37(25-22-32-16-14-15-17-32)49-51(47(41)55)43(33-18-10-8-11-19-33)34-20-12-9-13-21-34/h23-24,26-28,32-34,43,52H,6-22,25H2,1-5H3,(H,48,54)/b42-41+. The van der Waals surface area contributed by atoms with Gasteiger partial charge in [0, 0.05) is 29.9 Å². The Morgan fingerprint density at radius 3 is 1.96 bits per heavy atom. The molecule has 0 atom stereocenters. The van der Waals surface area contributed by atoms with Crippen LogP contribution in [0.5, 0.6) is 0 Å². The average molecular weight is 747 g/mol. The van der Waals surface area contributed by atoms with E-state index in [-0.39, 0.29) is 40.5 Å². The maximum absolute atomic E-state index is 14.9. The SMILES string of the molecule is CCN(CC)c1ccc(C2=C(O)/C(=C3\C(=O)N(C(C4CCCCC4)C4CCCCC4)N=C3CCC3CCCC3)C2=O)c(NC(=O)c2c(C)cc(C)cc2C)c1. The molecule has 0 unspecified atom stereocenters. The Morgan fingerprint density at radius 2 is 1.40 bits per heavy atom. The number of nitrogens with one attached hydrogen (secondary N) is 1. The summed E-state index contributed by atoms with van der Waals surface area (Å²) in [6.45, 7) is 11.6. The number of Topliss-reactive ketones (excluding diaryl/α,β-unsaturated/α-hetero) is 1. The van der Waals surface area contributed by atoms with Crippen molar-refractivity contribution in [2.75, 3.05) is 23.3 Å². The van der Waals surface area contributed by atoms with Crippen LogP contribution in [0.1, 0.15) is 149 Å².